The molecule has 3 N–H and O–H groups in total. The van der Waals surface area contributed by atoms with Crippen LogP contribution in [-0.2, 0) is 9.59 Å². The number of Topliss-reactive ketones (excluding diaryl/α,β-unsaturated/α-hetero) is 1. The fourth-order valence-corrected chi connectivity index (χ4v) is 3.28. The highest BCUT2D eigenvalue weighted by Crippen LogP contribution is 2.33. The van der Waals surface area contributed by atoms with Crippen molar-refractivity contribution in [3.8, 4) is 0 Å². The summed E-state index contributed by atoms with van der Waals surface area (Å²) in [6.07, 6.45) is 12.2. The van der Waals surface area contributed by atoms with Gasteiger partial charge in [-0.25, -0.2) is 0 Å². The Morgan fingerprint density at radius 3 is 2.68 bits per heavy atom. The van der Waals surface area contributed by atoms with E-state index in [9.17, 15) is 19.8 Å². The largest absolute Gasteiger partial charge is 0.481 e. The first kappa shape index (κ1) is 21.6. The fourth-order valence-electron chi connectivity index (χ4n) is 3.28. The SMILES string of the molecule is CCC[C@@H](O)CCC=C[C@H]1[C@@H](O)CC(=O)[C@@H]1CC=CCCCC(=O)O. The molecule has 5 heteroatoms. The number of carboxylic acids is 1. The smallest absolute Gasteiger partial charge is 0.303 e. The number of ketones is 1. The molecule has 0 aromatic heterocycles. The number of carboxylic acid groups (broad SMARTS) is 1. The van der Waals surface area contributed by atoms with Gasteiger partial charge in [-0.3, -0.25) is 9.59 Å². The summed E-state index contributed by atoms with van der Waals surface area (Å²) in [5.74, 6) is -1.08. The molecular weight excluding hydrogens is 320 g/mol. The monoisotopic (exact) mass is 352 g/mol. The van der Waals surface area contributed by atoms with Crippen LogP contribution in [0.25, 0.3) is 0 Å². The lowest BCUT2D eigenvalue weighted by Gasteiger charge is -2.16. The van der Waals surface area contributed by atoms with Gasteiger partial charge in [-0.1, -0.05) is 37.6 Å². The normalized spacial score (nSPS) is 25.2. The van der Waals surface area contributed by atoms with E-state index in [0.717, 1.165) is 19.3 Å². The molecule has 0 unspecified atom stereocenters. The second-order valence-electron chi connectivity index (χ2n) is 6.86. The topological polar surface area (TPSA) is 94.8 Å². The molecule has 0 amide bonds. The zero-order valence-electron chi connectivity index (χ0n) is 15.1. The van der Waals surface area contributed by atoms with Crippen LogP contribution in [0.1, 0.15) is 64.7 Å². The second-order valence-corrected chi connectivity index (χ2v) is 6.86. The van der Waals surface area contributed by atoms with Gasteiger partial charge in [-0.05, 0) is 38.5 Å². The number of unbranched alkanes of at least 4 members (excludes halogenated alkanes) is 1. The molecule has 0 saturated heterocycles. The van der Waals surface area contributed by atoms with E-state index < -0.39 is 12.1 Å². The van der Waals surface area contributed by atoms with Crippen LogP contribution in [0, 0.1) is 11.8 Å². The highest BCUT2D eigenvalue weighted by molar-refractivity contribution is 5.84. The van der Waals surface area contributed by atoms with E-state index in [-0.39, 0.29) is 36.6 Å². The van der Waals surface area contributed by atoms with Gasteiger partial charge < -0.3 is 15.3 Å². The van der Waals surface area contributed by atoms with Crippen molar-refractivity contribution >= 4 is 11.8 Å². The van der Waals surface area contributed by atoms with Crippen LogP contribution in [0.15, 0.2) is 24.3 Å². The molecule has 25 heavy (non-hydrogen) atoms. The molecule has 0 heterocycles. The highest BCUT2D eigenvalue weighted by atomic mass is 16.4. The minimum Gasteiger partial charge on any atom is -0.481 e. The maximum atomic E-state index is 12.1. The predicted molar refractivity (Wildman–Crippen MR) is 97.1 cm³/mol. The maximum absolute atomic E-state index is 12.1. The lowest BCUT2D eigenvalue weighted by molar-refractivity contribution is -0.137. The zero-order chi connectivity index (χ0) is 18.7. The Balaban J connectivity index is 2.43. The van der Waals surface area contributed by atoms with Crippen molar-refractivity contribution in [3.05, 3.63) is 24.3 Å². The lowest BCUT2D eigenvalue weighted by atomic mass is 9.90. The van der Waals surface area contributed by atoms with Crippen LogP contribution in [0.5, 0.6) is 0 Å². The Hall–Kier alpha value is -1.46. The van der Waals surface area contributed by atoms with Crippen molar-refractivity contribution in [1.82, 2.24) is 0 Å². The van der Waals surface area contributed by atoms with Gasteiger partial charge in [0.05, 0.1) is 12.2 Å². The van der Waals surface area contributed by atoms with E-state index in [1.54, 1.807) is 0 Å². The number of carbonyl (C=O) groups is 2. The molecule has 0 aromatic rings. The Kier molecular flexibility index (Phi) is 10.3. The molecular formula is C20H32O5. The van der Waals surface area contributed by atoms with Crippen LogP contribution < -0.4 is 0 Å². The van der Waals surface area contributed by atoms with Crippen molar-refractivity contribution in [2.75, 3.05) is 0 Å². The zero-order valence-corrected chi connectivity index (χ0v) is 15.1. The summed E-state index contributed by atoms with van der Waals surface area (Å²) < 4.78 is 0. The molecule has 0 aromatic carbocycles. The molecule has 0 radical (unpaired) electrons. The van der Waals surface area contributed by atoms with E-state index in [1.165, 1.54) is 0 Å². The first-order valence-electron chi connectivity index (χ1n) is 9.38. The number of rotatable bonds is 12. The van der Waals surface area contributed by atoms with Gasteiger partial charge in [0.2, 0.25) is 0 Å². The molecule has 142 valence electrons. The minimum atomic E-state index is -0.795. The standard InChI is InChI=1S/C20H32O5/c1-2-9-15(21)10-7-8-12-17-16(18(22)14-19(17)23)11-5-3-4-6-13-20(24)25/h3,5,8,12,15-17,19,21,23H,2,4,6-7,9-11,13-14H2,1H3,(H,24,25)/t15-,16-,17-,19+/m1/s1. The molecule has 1 aliphatic rings. The van der Waals surface area contributed by atoms with Crippen LogP contribution in [0.4, 0.5) is 0 Å². The fraction of sp³-hybridized carbons (Fsp3) is 0.700. The minimum absolute atomic E-state index is 0.0864. The molecule has 4 atom stereocenters. The number of carbonyl (C=O) groups excluding carboxylic acids is 1. The summed E-state index contributed by atoms with van der Waals surface area (Å²) in [6.45, 7) is 2.04. The first-order valence-corrected chi connectivity index (χ1v) is 9.38. The third kappa shape index (κ3) is 8.45. The first-order chi connectivity index (χ1) is 12.0. The summed E-state index contributed by atoms with van der Waals surface area (Å²) in [4.78, 5) is 22.5. The van der Waals surface area contributed by atoms with Crippen LogP contribution in [0.2, 0.25) is 0 Å². The number of hydrogen-bond acceptors (Lipinski definition) is 4. The number of aliphatic hydroxyl groups excluding tert-OH is 2. The molecule has 0 bridgehead atoms. The predicted octanol–water partition coefficient (Wildman–Crippen LogP) is 3.25. The van der Waals surface area contributed by atoms with Gasteiger partial charge in [0.1, 0.15) is 5.78 Å². The molecule has 0 aliphatic heterocycles. The Labute approximate surface area is 150 Å². The van der Waals surface area contributed by atoms with Gasteiger partial charge >= 0.3 is 5.97 Å². The lowest BCUT2D eigenvalue weighted by Crippen LogP contribution is -2.18. The van der Waals surface area contributed by atoms with E-state index in [4.69, 9.17) is 5.11 Å². The third-order valence-corrected chi connectivity index (χ3v) is 4.70. The molecule has 5 nitrogen and oxygen atoms in total. The molecule has 1 aliphatic carbocycles. The molecule has 1 fully saturated rings. The van der Waals surface area contributed by atoms with Gasteiger partial charge in [-0.2, -0.15) is 0 Å². The summed E-state index contributed by atoms with van der Waals surface area (Å²) in [5, 5.41) is 28.4. The van der Waals surface area contributed by atoms with Crippen molar-refractivity contribution in [2.45, 2.75) is 76.9 Å². The summed E-state index contributed by atoms with van der Waals surface area (Å²) >= 11 is 0. The molecule has 0 spiro atoms. The average molecular weight is 352 g/mol. The van der Waals surface area contributed by atoms with E-state index in [0.29, 0.717) is 25.7 Å². The maximum Gasteiger partial charge on any atom is 0.303 e. The number of aliphatic hydroxyl groups is 2. The Bertz CT molecular complexity index is 469. The Morgan fingerprint density at radius 2 is 2.00 bits per heavy atom. The van der Waals surface area contributed by atoms with E-state index in [2.05, 4.69) is 0 Å². The second kappa shape index (κ2) is 12.0. The number of hydrogen-bond donors (Lipinski definition) is 3. The Morgan fingerprint density at radius 1 is 1.24 bits per heavy atom. The van der Waals surface area contributed by atoms with Crippen molar-refractivity contribution in [3.63, 3.8) is 0 Å². The third-order valence-electron chi connectivity index (χ3n) is 4.70. The summed E-state index contributed by atoms with van der Waals surface area (Å²) in [6, 6.07) is 0. The van der Waals surface area contributed by atoms with Gasteiger partial charge in [0.25, 0.3) is 0 Å². The summed E-state index contributed by atoms with van der Waals surface area (Å²) in [5.41, 5.74) is 0. The van der Waals surface area contributed by atoms with E-state index >= 15 is 0 Å². The van der Waals surface area contributed by atoms with Gasteiger partial charge in [-0.15, -0.1) is 0 Å². The molecule has 1 rings (SSSR count). The summed E-state index contributed by atoms with van der Waals surface area (Å²) in [7, 11) is 0. The van der Waals surface area contributed by atoms with Crippen molar-refractivity contribution in [1.29, 1.82) is 0 Å². The van der Waals surface area contributed by atoms with Crippen LogP contribution in [0.3, 0.4) is 0 Å². The van der Waals surface area contributed by atoms with Gasteiger partial charge in [0.15, 0.2) is 0 Å². The quantitative estimate of drug-likeness (QED) is 0.370. The number of aliphatic carboxylic acids is 1. The highest BCUT2D eigenvalue weighted by Gasteiger charge is 2.38. The molecule has 1 saturated carbocycles. The van der Waals surface area contributed by atoms with Crippen molar-refractivity contribution in [2.24, 2.45) is 11.8 Å². The van der Waals surface area contributed by atoms with Crippen LogP contribution in [-0.4, -0.2) is 39.3 Å². The number of allylic oxidation sites excluding steroid dienone is 3. The van der Waals surface area contributed by atoms with Crippen molar-refractivity contribution < 1.29 is 24.9 Å². The van der Waals surface area contributed by atoms with Gasteiger partial charge in [0, 0.05) is 24.7 Å². The van der Waals surface area contributed by atoms with E-state index in [1.807, 2.05) is 31.2 Å². The van der Waals surface area contributed by atoms with Crippen LogP contribution >= 0.6 is 0 Å². The average Bonchev–Trinajstić information content (AvgIpc) is 2.81.